The van der Waals surface area contributed by atoms with Crippen LogP contribution in [0.3, 0.4) is 0 Å². The zero-order valence-electron chi connectivity index (χ0n) is 14.1. The molecule has 1 aromatic carbocycles. The minimum atomic E-state index is 0.0318. The molecule has 122 valence electrons. The SMILES string of the molecule is CCCOc1cc(/C=C/n2c(C)cc(=O)cc2C)ccc1OC. The summed E-state index contributed by atoms with van der Waals surface area (Å²) in [7, 11) is 1.64. The number of benzene rings is 1. The van der Waals surface area contributed by atoms with E-state index >= 15 is 0 Å². The largest absolute Gasteiger partial charge is 0.493 e. The number of ether oxygens (including phenoxy) is 2. The molecule has 0 aliphatic carbocycles. The summed E-state index contributed by atoms with van der Waals surface area (Å²) in [5.74, 6) is 1.47. The van der Waals surface area contributed by atoms with Crippen LogP contribution < -0.4 is 14.9 Å². The summed E-state index contributed by atoms with van der Waals surface area (Å²) in [5.41, 5.74) is 2.85. The highest BCUT2D eigenvalue weighted by Crippen LogP contribution is 2.28. The van der Waals surface area contributed by atoms with Crippen LogP contribution in [0.2, 0.25) is 0 Å². The molecule has 0 saturated heterocycles. The van der Waals surface area contributed by atoms with Crippen molar-refractivity contribution in [2.24, 2.45) is 0 Å². The second kappa shape index (κ2) is 7.68. The number of aromatic nitrogens is 1. The van der Waals surface area contributed by atoms with Crippen LogP contribution >= 0.6 is 0 Å². The molecule has 1 aromatic heterocycles. The zero-order chi connectivity index (χ0) is 16.8. The average Bonchev–Trinajstić information content (AvgIpc) is 2.52. The van der Waals surface area contributed by atoms with Gasteiger partial charge in [0.2, 0.25) is 0 Å². The maximum atomic E-state index is 11.5. The van der Waals surface area contributed by atoms with E-state index in [1.807, 2.05) is 48.9 Å². The second-order valence-electron chi connectivity index (χ2n) is 5.42. The first-order valence-electron chi connectivity index (χ1n) is 7.74. The third kappa shape index (κ3) is 4.25. The van der Waals surface area contributed by atoms with Gasteiger partial charge in [0.1, 0.15) is 0 Å². The molecule has 1 heterocycles. The summed E-state index contributed by atoms with van der Waals surface area (Å²) in [5, 5.41) is 0. The van der Waals surface area contributed by atoms with E-state index in [0.29, 0.717) is 6.61 Å². The molecule has 0 N–H and O–H groups in total. The maximum Gasteiger partial charge on any atom is 0.182 e. The zero-order valence-corrected chi connectivity index (χ0v) is 14.1. The molecule has 0 aliphatic heterocycles. The summed E-state index contributed by atoms with van der Waals surface area (Å²) >= 11 is 0. The number of hydrogen-bond acceptors (Lipinski definition) is 3. The van der Waals surface area contributed by atoms with Gasteiger partial charge >= 0.3 is 0 Å². The smallest absolute Gasteiger partial charge is 0.182 e. The van der Waals surface area contributed by atoms with Crippen molar-refractivity contribution in [1.82, 2.24) is 4.57 Å². The van der Waals surface area contributed by atoms with Crippen LogP contribution in [0.25, 0.3) is 12.3 Å². The molecule has 4 heteroatoms. The van der Waals surface area contributed by atoms with E-state index in [1.54, 1.807) is 19.2 Å². The third-order valence-electron chi connectivity index (χ3n) is 3.53. The lowest BCUT2D eigenvalue weighted by molar-refractivity contribution is 0.294. The van der Waals surface area contributed by atoms with Gasteiger partial charge in [0.05, 0.1) is 13.7 Å². The molecule has 2 rings (SSSR count). The normalized spacial score (nSPS) is 11.0. The Morgan fingerprint density at radius 1 is 1.09 bits per heavy atom. The van der Waals surface area contributed by atoms with Gasteiger partial charge in [-0.15, -0.1) is 0 Å². The van der Waals surface area contributed by atoms with Crippen molar-refractivity contribution < 1.29 is 9.47 Å². The average molecular weight is 313 g/mol. The van der Waals surface area contributed by atoms with Crippen LogP contribution in [0.15, 0.2) is 35.1 Å². The Hall–Kier alpha value is -2.49. The van der Waals surface area contributed by atoms with Crippen molar-refractivity contribution >= 4 is 12.3 Å². The number of hydrogen-bond donors (Lipinski definition) is 0. The van der Waals surface area contributed by atoms with Gasteiger partial charge in [-0.2, -0.15) is 0 Å². The highest BCUT2D eigenvalue weighted by Gasteiger charge is 2.04. The van der Waals surface area contributed by atoms with E-state index in [-0.39, 0.29) is 5.43 Å². The molecule has 0 radical (unpaired) electrons. The van der Waals surface area contributed by atoms with Gasteiger partial charge in [0, 0.05) is 29.7 Å². The van der Waals surface area contributed by atoms with E-state index in [4.69, 9.17) is 9.47 Å². The van der Waals surface area contributed by atoms with Crippen LogP contribution in [0.5, 0.6) is 11.5 Å². The molecule has 4 nitrogen and oxygen atoms in total. The van der Waals surface area contributed by atoms with Gasteiger partial charge in [-0.3, -0.25) is 4.79 Å². The second-order valence-corrected chi connectivity index (χ2v) is 5.42. The quantitative estimate of drug-likeness (QED) is 0.812. The Balaban J connectivity index is 2.31. The van der Waals surface area contributed by atoms with Crippen molar-refractivity contribution in [2.45, 2.75) is 27.2 Å². The van der Waals surface area contributed by atoms with Gasteiger partial charge < -0.3 is 14.0 Å². The molecule has 0 bridgehead atoms. The predicted octanol–water partition coefficient (Wildman–Crippen LogP) is 3.89. The summed E-state index contributed by atoms with van der Waals surface area (Å²) in [6.45, 7) is 6.56. The lowest BCUT2D eigenvalue weighted by Gasteiger charge is -2.11. The number of nitrogens with zero attached hydrogens (tertiary/aromatic N) is 1. The Morgan fingerprint density at radius 2 is 1.78 bits per heavy atom. The molecule has 0 fully saturated rings. The van der Waals surface area contributed by atoms with E-state index in [2.05, 4.69) is 6.92 Å². The van der Waals surface area contributed by atoms with E-state index in [0.717, 1.165) is 34.9 Å². The van der Waals surface area contributed by atoms with Crippen molar-refractivity contribution in [3.8, 4) is 11.5 Å². The van der Waals surface area contributed by atoms with E-state index < -0.39 is 0 Å². The van der Waals surface area contributed by atoms with Crippen LogP contribution in [0, 0.1) is 13.8 Å². The van der Waals surface area contributed by atoms with Crippen molar-refractivity contribution in [2.75, 3.05) is 13.7 Å². The van der Waals surface area contributed by atoms with Gasteiger partial charge in [-0.25, -0.2) is 0 Å². The van der Waals surface area contributed by atoms with Crippen LogP contribution in [-0.2, 0) is 0 Å². The molecule has 23 heavy (non-hydrogen) atoms. The maximum absolute atomic E-state index is 11.5. The minimum absolute atomic E-state index is 0.0318. The molecule has 0 spiro atoms. The van der Waals surface area contributed by atoms with Crippen LogP contribution in [0.1, 0.15) is 30.3 Å². The fourth-order valence-electron chi connectivity index (χ4n) is 2.39. The first-order chi connectivity index (χ1) is 11.0. The summed E-state index contributed by atoms with van der Waals surface area (Å²) < 4.78 is 13.0. The van der Waals surface area contributed by atoms with Crippen molar-refractivity contribution in [1.29, 1.82) is 0 Å². The molecular weight excluding hydrogens is 290 g/mol. The number of pyridine rings is 1. The predicted molar refractivity (Wildman–Crippen MR) is 94.2 cm³/mol. The molecule has 2 aromatic rings. The van der Waals surface area contributed by atoms with E-state index in [1.165, 1.54) is 0 Å². The molecule has 0 atom stereocenters. The van der Waals surface area contributed by atoms with Gasteiger partial charge in [-0.1, -0.05) is 13.0 Å². The molecular formula is C19H23NO3. The van der Waals surface area contributed by atoms with Crippen LogP contribution in [0.4, 0.5) is 0 Å². The first-order valence-corrected chi connectivity index (χ1v) is 7.74. The topological polar surface area (TPSA) is 40.5 Å². The van der Waals surface area contributed by atoms with Gasteiger partial charge in [0.25, 0.3) is 0 Å². The molecule has 0 amide bonds. The fourth-order valence-corrected chi connectivity index (χ4v) is 2.39. The highest BCUT2D eigenvalue weighted by molar-refractivity contribution is 5.64. The van der Waals surface area contributed by atoms with E-state index in [9.17, 15) is 4.79 Å². The molecule has 0 aliphatic rings. The van der Waals surface area contributed by atoms with Crippen LogP contribution in [-0.4, -0.2) is 18.3 Å². The highest BCUT2D eigenvalue weighted by atomic mass is 16.5. The Kier molecular flexibility index (Phi) is 5.63. The first kappa shape index (κ1) is 16.9. The summed E-state index contributed by atoms with van der Waals surface area (Å²) in [4.78, 5) is 11.5. The third-order valence-corrected chi connectivity index (χ3v) is 3.53. The Bertz CT molecular complexity index is 733. The van der Waals surface area contributed by atoms with Crippen molar-refractivity contribution in [3.05, 3.63) is 57.5 Å². The lowest BCUT2D eigenvalue weighted by Crippen LogP contribution is -2.08. The number of rotatable bonds is 6. The number of aryl methyl sites for hydroxylation is 2. The molecule has 0 unspecified atom stereocenters. The molecule has 0 saturated carbocycles. The summed E-state index contributed by atoms with van der Waals surface area (Å²) in [6.07, 6.45) is 4.89. The summed E-state index contributed by atoms with van der Waals surface area (Å²) in [6, 6.07) is 9.08. The standard InChI is InChI=1S/C19H23NO3/c1-5-10-23-19-13-16(6-7-18(19)22-4)8-9-20-14(2)11-17(21)12-15(20)3/h6-9,11-13H,5,10H2,1-4H3/b9-8+. The Morgan fingerprint density at radius 3 is 2.39 bits per heavy atom. The van der Waals surface area contributed by atoms with Gasteiger partial charge in [0.15, 0.2) is 16.9 Å². The Labute approximate surface area is 137 Å². The number of methoxy groups -OCH3 is 1. The lowest BCUT2D eigenvalue weighted by atomic mass is 10.2. The van der Waals surface area contributed by atoms with Gasteiger partial charge in [-0.05, 0) is 44.0 Å². The minimum Gasteiger partial charge on any atom is -0.493 e. The van der Waals surface area contributed by atoms with Crippen molar-refractivity contribution in [3.63, 3.8) is 0 Å². The monoisotopic (exact) mass is 313 g/mol. The fraction of sp³-hybridized carbons (Fsp3) is 0.316.